The first-order chi connectivity index (χ1) is 9.59. The Hall–Kier alpha value is -1.91. The van der Waals surface area contributed by atoms with Gasteiger partial charge in [-0.05, 0) is 48.2 Å². The topological polar surface area (TPSA) is 69.6 Å². The van der Waals surface area contributed by atoms with E-state index in [-0.39, 0.29) is 5.54 Å². The molecule has 0 radical (unpaired) electrons. The Labute approximate surface area is 120 Å². The quantitative estimate of drug-likeness (QED) is 0.849. The Morgan fingerprint density at radius 3 is 2.40 bits per heavy atom. The number of nitrogens with two attached hydrogens (primary N) is 1. The van der Waals surface area contributed by atoms with Crippen molar-refractivity contribution in [2.45, 2.75) is 52.5 Å². The molecule has 2 aromatic rings. The minimum Gasteiger partial charge on any atom is -0.398 e. The molecule has 2 rings (SSSR count). The Kier molecular flexibility index (Phi) is 4.06. The van der Waals surface area contributed by atoms with Crippen LogP contribution in [0.15, 0.2) is 18.2 Å². The molecule has 2 N–H and O–H groups in total. The first-order valence-corrected chi connectivity index (χ1v) is 7.24. The van der Waals surface area contributed by atoms with Crippen molar-refractivity contribution in [1.29, 1.82) is 0 Å². The first kappa shape index (κ1) is 14.5. The molecular weight excluding hydrogens is 250 g/mol. The van der Waals surface area contributed by atoms with Gasteiger partial charge >= 0.3 is 0 Å². The van der Waals surface area contributed by atoms with E-state index in [1.165, 1.54) is 0 Å². The van der Waals surface area contributed by atoms with Crippen LogP contribution in [0.5, 0.6) is 0 Å². The van der Waals surface area contributed by atoms with E-state index in [1.807, 2.05) is 29.8 Å². The SMILES string of the molecule is CCC(CC)(CC)n1nnnc1-c1cccc(N)c1C. The molecule has 0 spiro atoms. The van der Waals surface area contributed by atoms with Gasteiger partial charge in [0, 0.05) is 11.3 Å². The molecule has 1 heterocycles. The Morgan fingerprint density at radius 2 is 1.80 bits per heavy atom. The fourth-order valence-electron chi connectivity index (χ4n) is 2.77. The minimum absolute atomic E-state index is 0.0319. The maximum Gasteiger partial charge on any atom is 0.182 e. The summed E-state index contributed by atoms with van der Waals surface area (Å²) in [5, 5.41) is 12.4. The third-order valence-electron chi connectivity index (χ3n) is 4.51. The molecule has 5 nitrogen and oxygen atoms in total. The largest absolute Gasteiger partial charge is 0.398 e. The Bertz CT molecular complexity index is 575. The molecule has 0 unspecified atom stereocenters. The van der Waals surface area contributed by atoms with Gasteiger partial charge in [0.25, 0.3) is 0 Å². The van der Waals surface area contributed by atoms with Crippen molar-refractivity contribution >= 4 is 5.69 Å². The van der Waals surface area contributed by atoms with Crippen LogP contribution >= 0.6 is 0 Å². The van der Waals surface area contributed by atoms with Gasteiger partial charge in [0.1, 0.15) is 0 Å². The molecule has 20 heavy (non-hydrogen) atoms. The standard InChI is InChI=1S/C15H23N5/c1-5-15(6-2,7-3)20-14(17-18-19-20)12-9-8-10-13(16)11(12)4/h8-10H,5-7,16H2,1-4H3. The van der Waals surface area contributed by atoms with Crippen molar-refractivity contribution < 1.29 is 0 Å². The highest BCUT2D eigenvalue weighted by Gasteiger charge is 2.31. The van der Waals surface area contributed by atoms with Crippen LogP contribution in [0, 0.1) is 6.92 Å². The maximum atomic E-state index is 6.01. The van der Waals surface area contributed by atoms with Crippen molar-refractivity contribution in [2.24, 2.45) is 0 Å². The molecule has 1 aromatic carbocycles. The van der Waals surface area contributed by atoms with Gasteiger partial charge in [0.15, 0.2) is 5.82 Å². The second-order valence-corrected chi connectivity index (χ2v) is 5.22. The monoisotopic (exact) mass is 273 g/mol. The van der Waals surface area contributed by atoms with E-state index in [0.717, 1.165) is 41.9 Å². The van der Waals surface area contributed by atoms with Gasteiger partial charge in [-0.2, -0.15) is 0 Å². The van der Waals surface area contributed by atoms with E-state index in [9.17, 15) is 0 Å². The molecule has 108 valence electrons. The molecule has 5 heteroatoms. The van der Waals surface area contributed by atoms with Crippen LogP contribution in [0.25, 0.3) is 11.4 Å². The fourth-order valence-corrected chi connectivity index (χ4v) is 2.77. The molecule has 0 aliphatic heterocycles. The third-order valence-corrected chi connectivity index (χ3v) is 4.51. The second-order valence-electron chi connectivity index (χ2n) is 5.22. The van der Waals surface area contributed by atoms with Crippen molar-refractivity contribution in [3.63, 3.8) is 0 Å². The molecule has 0 aliphatic carbocycles. The maximum absolute atomic E-state index is 6.01. The summed E-state index contributed by atoms with van der Waals surface area (Å²) in [4.78, 5) is 0. The molecule has 0 fully saturated rings. The predicted molar refractivity (Wildman–Crippen MR) is 81.2 cm³/mol. The van der Waals surface area contributed by atoms with Crippen molar-refractivity contribution in [1.82, 2.24) is 20.2 Å². The first-order valence-electron chi connectivity index (χ1n) is 7.24. The highest BCUT2D eigenvalue weighted by molar-refractivity contribution is 5.67. The van der Waals surface area contributed by atoms with E-state index >= 15 is 0 Å². The lowest BCUT2D eigenvalue weighted by Crippen LogP contribution is -2.33. The van der Waals surface area contributed by atoms with Crippen LogP contribution in [0.3, 0.4) is 0 Å². The average Bonchev–Trinajstić information content (AvgIpc) is 2.94. The number of benzene rings is 1. The van der Waals surface area contributed by atoms with Gasteiger partial charge in [-0.3, -0.25) is 0 Å². The number of nitrogen functional groups attached to an aromatic ring is 1. The number of aromatic nitrogens is 4. The van der Waals surface area contributed by atoms with E-state index in [2.05, 4.69) is 36.3 Å². The third kappa shape index (κ3) is 2.17. The summed E-state index contributed by atoms with van der Waals surface area (Å²) in [6.45, 7) is 8.56. The van der Waals surface area contributed by atoms with E-state index in [4.69, 9.17) is 5.73 Å². The van der Waals surface area contributed by atoms with Crippen molar-refractivity contribution in [2.75, 3.05) is 5.73 Å². The summed E-state index contributed by atoms with van der Waals surface area (Å²) in [6.07, 6.45) is 3.00. The lowest BCUT2D eigenvalue weighted by atomic mass is 9.89. The number of tetrazole rings is 1. The van der Waals surface area contributed by atoms with Crippen molar-refractivity contribution in [3.05, 3.63) is 23.8 Å². The summed E-state index contributed by atoms with van der Waals surface area (Å²) in [6, 6.07) is 5.88. The van der Waals surface area contributed by atoms with E-state index in [0.29, 0.717) is 0 Å². The zero-order valence-corrected chi connectivity index (χ0v) is 12.7. The number of anilines is 1. The van der Waals surface area contributed by atoms with Gasteiger partial charge in [0.2, 0.25) is 0 Å². The summed E-state index contributed by atoms with van der Waals surface area (Å²) < 4.78 is 1.98. The Balaban J connectivity index is 2.61. The van der Waals surface area contributed by atoms with E-state index < -0.39 is 0 Å². The molecule has 0 bridgehead atoms. The van der Waals surface area contributed by atoms with Crippen LogP contribution < -0.4 is 5.73 Å². The minimum atomic E-state index is -0.0319. The normalized spacial score (nSPS) is 11.8. The number of nitrogens with zero attached hydrogens (tertiary/aromatic N) is 4. The zero-order valence-electron chi connectivity index (χ0n) is 12.7. The van der Waals surface area contributed by atoms with Gasteiger partial charge < -0.3 is 5.73 Å². The van der Waals surface area contributed by atoms with Crippen LogP contribution in [-0.2, 0) is 5.54 Å². The molecule has 0 aliphatic rings. The van der Waals surface area contributed by atoms with Gasteiger partial charge in [-0.15, -0.1) is 5.10 Å². The van der Waals surface area contributed by atoms with Crippen LogP contribution in [0.2, 0.25) is 0 Å². The number of hydrogen-bond acceptors (Lipinski definition) is 4. The van der Waals surface area contributed by atoms with E-state index in [1.54, 1.807) is 0 Å². The van der Waals surface area contributed by atoms with Crippen LogP contribution in [0.4, 0.5) is 5.69 Å². The summed E-state index contributed by atoms with van der Waals surface area (Å²) in [7, 11) is 0. The molecular formula is C15H23N5. The summed E-state index contributed by atoms with van der Waals surface area (Å²) in [5.41, 5.74) is 8.78. The smallest absolute Gasteiger partial charge is 0.182 e. The Morgan fingerprint density at radius 1 is 1.15 bits per heavy atom. The number of rotatable bonds is 5. The molecule has 0 saturated heterocycles. The lowest BCUT2D eigenvalue weighted by Gasteiger charge is -2.31. The molecule has 1 aromatic heterocycles. The predicted octanol–water partition coefficient (Wildman–Crippen LogP) is 3.16. The van der Waals surface area contributed by atoms with Gasteiger partial charge in [-0.25, -0.2) is 4.68 Å². The van der Waals surface area contributed by atoms with Crippen LogP contribution in [-0.4, -0.2) is 20.2 Å². The zero-order chi connectivity index (χ0) is 14.8. The molecule has 0 saturated carbocycles. The fraction of sp³-hybridized carbons (Fsp3) is 0.533. The van der Waals surface area contributed by atoms with Gasteiger partial charge in [-0.1, -0.05) is 32.9 Å². The second kappa shape index (κ2) is 5.61. The van der Waals surface area contributed by atoms with Crippen LogP contribution in [0.1, 0.15) is 45.6 Å². The molecule has 0 atom stereocenters. The highest BCUT2D eigenvalue weighted by atomic mass is 15.6. The summed E-state index contributed by atoms with van der Waals surface area (Å²) >= 11 is 0. The van der Waals surface area contributed by atoms with Gasteiger partial charge in [0.05, 0.1) is 5.54 Å². The van der Waals surface area contributed by atoms with Crippen molar-refractivity contribution in [3.8, 4) is 11.4 Å². The highest BCUT2D eigenvalue weighted by Crippen LogP contribution is 2.33. The number of hydrogen-bond donors (Lipinski definition) is 1. The molecule has 0 amide bonds. The average molecular weight is 273 g/mol. The summed E-state index contributed by atoms with van der Waals surface area (Å²) in [5.74, 6) is 0.806. The lowest BCUT2D eigenvalue weighted by molar-refractivity contribution is 0.223.